The zero-order valence-corrected chi connectivity index (χ0v) is 12.1. The van der Waals surface area contributed by atoms with E-state index in [0.29, 0.717) is 0 Å². The molecule has 0 spiro atoms. The van der Waals surface area contributed by atoms with E-state index in [1.165, 1.54) is 56.3 Å². The molecule has 19 heavy (non-hydrogen) atoms. The number of benzene rings is 1. The number of nitrogens with two attached hydrogens (primary N) is 1. The minimum Gasteiger partial charge on any atom is -0.328 e. The minimum absolute atomic E-state index is 0.124. The van der Waals surface area contributed by atoms with E-state index in [9.17, 15) is 0 Å². The van der Waals surface area contributed by atoms with Crippen LogP contribution in [0.1, 0.15) is 43.7 Å². The Balaban J connectivity index is 1.96. The van der Waals surface area contributed by atoms with E-state index in [4.69, 9.17) is 5.73 Å². The highest BCUT2D eigenvalue weighted by Crippen LogP contribution is 2.42. The Morgan fingerprint density at radius 2 is 2.21 bits per heavy atom. The minimum atomic E-state index is 0.124. The first-order valence-corrected chi connectivity index (χ1v) is 7.83. The summed E-state index contributed by atoms with van der Waals surface area (Å²) in [6.07, 6.45) is 6.39. The molecule has 2 nitrogen and oxygen atoms in total. The highest BCUT2D eigenvalue weighted by molar-refractivity contribution is 5.37. The van der Waals surface area contributed by atoms with Crippen molar-refractivity contribution in [3.05, 3.63) is 35.4 Å². The van der Waals surface area contributed by atoms with E-state index in [-0.39, 0.29) is 5.54 Å². The zero-order valence-electron chi connectivity index (χ0n) is 12.1. The lowest BCUT2D eigenvalue weighted by molar-refractivity contribution is 0.0969. The van der Waals surface area contributed by atoms with Crippen molar-refractivity contribution in [3.8, 4) is 0 Å². The van der Waals surface area contributed by atoms with Crippen LogP contribution < -0.4 is 5.73 Å². The molecule has 1 aliphatic heterocycles. The van der Waals surface area contributed by atoms with Gasteiger partial charge in [-0.15, -0.1) is 0 Å². The zero-order chi connectivity index (χ0) is 13.3. The van der Waals surface area contributed by atoms with Gasteiger partial charge in [0, 0.05) is 13.1 Å². The summed E-state index contributed by atoms with van der Waals surface area (Å²) in [7, 11) is 0. The molecule has 0 amide bonds. The predicted octanol–water partition coefficient (Wildman–Crippen LogP) is 2.91. The van der Waals surface area contributed by atoms with Gasteiger partial charge in [-0.3, -0.25) is 4.90 Å². The van der Waals surface area contributed by atoms with Gasteiger partial charge in [-0.25, -0.2) is 0 Å². The quantitative estimate of drug-likeness (QED) is 0.903. The van der Waals surface area contributed by atoms with Crippen molar-refractivity contribution in [2.75, 3.05) is 19.6 Å². The lowest BCUT2D eigenvalue weighted by Gasteiger charge is -2.45. The third kappa shape index (κ3) is 2.11. The average Bonchev–Trinajstić information content (AvgIpc) is 2.96. The van der Waals surface area contributed by atoms with Gasteiger partial charge in [-0.2, -0.15) is 0 Å². The van der Waals surface area contributed by atoms with Crippen molar-refractivity contribution in [2.24, 2.45) is 11.7 Å². The highest BCUT2D eigenvalue weighted by atomic mass is 15.2. The number of hydrogen-bond acceptors (Lipinski definition) is 2. The fraction of sp³-hybridized carbons (Fsp3) is 0.647. The lowest BCUT2D eigenvalue weighted by atomic mass is 9.75. The molecule has 2 heteroatoms. The van der Waals surface area contributed by atoms with Crippen LogP contribution in [-0.2, 0) is 12.0 Å². The summed E-state index contributed by atoms with van der Waals surface area (Å²) >= 11 is 0. The lowest BCUT2D eigenvalue weighted by Crippen LogP contribution is -2.52. The third-order valence-corrected chi connectivity index (χ3v) is 5.36. The molecule has 3 rings (SSSR count). The van der Waals surface area contributed by atoms with Crippen LogP contribution in [-0.4, -0.2) is 24.5 Å². The summed E-state index contributed by atoms with van der Waals surface area (Å²) in [4.78, 5) is 2.69. The third-order valence-electron chi connectivity index (χ3n) is 5.36. The molecule has 2 atom stereocenters. The second-order valence-corrected chi connectivity index (χ2v) is 6.26. The van der Waals surface area contributed by atoms with Crippen molar-refractivity contribution >= 4 is 0 Å². The van der Waals surface area contributed by atoms with Crippen LogP contribution in [0.5, 0.6) is 0 Å². The molecular weight excluding hydrogens is 232 g/mol. The molecule has 1 heterocycles. The van der Waals surface area contributed by atoms with E-state index < -0.39 is 0 Å². The van der Waals surface area contributed by atoms with Gasteiger partial charge in [0.25, 0.3) is 0 Å². The first kappa shape index (κ1) is 13.1. The topological polar surface area (TPSA) is 29.3 Å². The molecule has 2 aliphatic rings. The van der Waals surface area contributed by atoms with Gasteiger partial charge in [0.2, 0.25) is 0 Å². The van der Waals surface area contributed by atoms with Crippen molar-refractivity contribution in [1.82, 2.24) is 4.90 Å². The summed E-state index contributed by atoms with van der Waals surface area (Å²) in [5.41, 5.74) is 9.44. The van der Waals surface area contributed by atoms with Crippen molar-refractivity contribution in [1.29, 1.82) is 0 Å². The number of rotatable bonds is 3. The van der Waals surface area contributed by atoms with E-state index in [2.05, 4.69) is 36.1 Å². The van der Waals surface area contributed by atoms with Crippen LogP contribution in [0.15, 0.2) is 24.3 Å². The maximum Gasteiger partial charge on any atom is 0.0586 e. The second-order valence-electron chi connectivity index (χ2n) is 6.26. The maximum absolute atomic E-state index is 6.28. The number of hydrogen-bond donors (Lipinski definition) is 1. The van der Waals surface area contributed by atoms with Gasteiger partial charge in [-0.05, 0) is 49.3 Å². The summed E-state index contributed by atoms with van der Waals surface area (Å²) in [6, 6.07) is 8.97. The standard InChI is InChI=1S/C17H26N2/c1-2-14-9-11-19(12-14)17(13-18)10-5-7-15-6-3-4-8-16(15)17/h3-4,6,8,14H,2,5,7,9-13,18H2,1H3. The van der Waals surface area contributed by atoms with Crippen LogP contribution >= 0.6 is 0 Å². The molecule has 2 N–H and O–H groups in total. The SMILES string of the molecule is CCC1CCN(C2(CN)CCCc3ccccc32)C1. The largest absolute Gasteiger partial charge is 0.328 e. The highest BCUT2D eigenvalue weighted by Gasteiger charge is 2.42. The van der Waals surface area contributed by atoms with Gasteiger partial charge in [-0.1, -0.05) is 37.6 Å². The molecule has 0 bridgehead atoms. The predicted molar refractivity (Wildman–Crippen MR) is 80.1 cm³/mol. The molecule has 1 saturated heterocycles. The summed E-state index contributed by atoms with van der Waals surface area (Å²) in [5.74, 6) is 0.873. The Morgan fingerprint density at radius 3 is 2.95 bits per heavy atom. The van der Waals surface area contributed by atoms with Gasteiger partial charge < -0.3 is 5.73 Å². The number of aryl methyl sites for hydroxylation is 1. The van der Waals surface area contributed by atoms with Crippen LogP contribution in [0.4, 0.5) is 0 Å². The maximum atomic E-state index is 6.28. The Hall–Kier alpha value is -0.860. The monoisotopic (exact) mass is 258 g/mol. The normalized spacial score (nSPS) is 31.4. The van der Waals surface area contributed by atoms with Crippen LogP contribution in [0.2, 0.25) is 0 Å². The van der Waals surface area contributed by atoms with Crippen LogP contribution in [0.3, 0.4) is 0 Å². The summed E-state index contributed by atoms with van der Waals surface area (Å²) in [6.45, 7) is 5.55. The van der Waals surface area contributed by atoms with Gasteiger partial charge >= 0.3 is 0 Å². The van der Waals surface area contributed by atoms with E-state index >= 15 is 0 Å². The number of fused-ring (bicyclic) bond motifs is 1. The van der Waals surface area contributed by atoms with Gasteiger partial charge in [0.1, 0.15) is 0 Å². The van der Waals surface area contributed by atoms with E-state index in [1.54, 1.807) is 0 Å². The van der Waals surface area contributed by atoms with E-state index in [1.807, 2.05) is 0 Å². The fourth-order valence-electron chi connectivity index (χ4n) is 4.12. The van der Waals surface area contributed by atoms with Crippen LogP contribution in [0, 0.1) is 5.92 Å². The number of likely N-dealkylation sites (tertiary alicyclic amines) is 1. The second kappa shape index (κ2) is 5.26. The molecule has 2 unspecified atom stereocenters. The molecule has 1 aromatic rings. The van der Waals surface area contributed by atoms with Gasteiger partial charge in [0.15, 0.2) is 0 Å². The molecule has 0 aromatic heterocycles. The molecule has 0 radical (unpaired) electrons. The number of nitrogens with zero attached hydrogens (tertiary/aromatic N) is 1. The van der Waals surface area contributed by atoms with E-state index in [0.717, 1.165) is 12.5 Å². The first-order chi connectivity index (χ1) is 9.30. The fourth-order valence-corrected chi connectivity index (χ4v) is 4.12. The average molecular weight is 258 g/mol. The molecule has 1 fully saturated rings. The van der Waals surface area contributed by atoms with Crippen molar-refractivity contribution in [2.45, 2.75) is 44.6 Å². The van der Waals surface area contributed by atoms with Gasteiger partial charge in [0.05, 0.1) is 5.54 Å². The van der Waals surface area contributed by atoms with Crippen molar-refractivity contribution in [3.63, 3.8) is 0 Å². The summed E-state index contributed by atoms with van der Waals surface area (Å²) in [5, 5.41) is 0. The first-order valence-electron chi connectivity index (χ1n) is 7.83. The Labute approximate surface area is 117 Å². The molecular formula is C17H26N2. The Bertz CT molecular complexity index is 443. The molecule has 1 aromatic carbocycles. The molecule has 0 saturated carbocycles. The van der Waals surface area contributed by atoms with Crippen molar-refractivity contribution < 1.29 is 0 Å². The molecule has 104 valence electrons. The Morgan fingerprint density at radius 1 is 1.37 bits per heavy atom. The smallest absolute Gasteiger partial charge is 0.0586 e. The van der Waals surface area contributed by atoms with Crippen LogP contribution in [0.25, 0.3) is 0 Å². The molecule has 1 aliphatic carbocycles. The summed E-state index contributed by atoms with van der Waals surface area (Å²) < 4.78 is 0. The Kier molecular flexibility index (Phi) is 3.64.